The van der Waals surface area contributed by atoms with Crippen molar-refractivity contribution in [2.75, 3.05) is 11.9 Å². The fourth-order valence-corrected chi connectivity index (χ4v) is 3.03. The summed E-state index contributed by atoms with van der Waals surface area (Å²) in [7, 11) is 0. The molecule has 1 saturated heterocycles. The summed E-state index contributed by atoms with van der Waals surface area (Å²) in [4.78, 5) is 49.4. The smallest absolute Gasteiger partial charge is 0.262 e. The SMILES string of the molecule is CC(N)CCNc1ccc2c(c1)C(=O)N(C1CCC(=O)NC1=O)C2=O. The molecule has 0 aliphatic carbocycles. The summed E-state index contributed by atoms with van der Waals surface area (Å²) in [6.07, 6.45) is 1.02. The van der Waals surface area contributed by atoms with Crippen LogP contribution in [0.5, 0.6) is 0 Å². The maximum absolute atomic E-state index is 12.7. The van der Waals surface area contributed by atoms with Gasteiger partial charge in [-0.15, -0.1) is 0 Å². The van der Waals surface area contributed by atoms with Gasteiger partial charge in [0, 0.05) is 24.7 Å². The Hall–Kier alpha value is -2.74. The number of benzene rings is 1. The van der Waals surface area contributed by atoms with Crippen molar-refractivity contribution < 1.29 is 19.2 Å². The molecule has 2 atom stereocenters. The summed E-state index contributed by atoms with van der Waals surface area (Å²) in [5.74, 6) is -2.01. The Morgan fingerprint density at radius 2 is 1.96 bits per heavy atom. The van der Waals surface area contributed by atoms with E-state index in [-0.39, 0.29) is 30.0 Å². The molecule has 1 fully saturated rings. The third-order valence-electron chi connectivity index (χ3n) is 4.37. The van der Waals surface area contributed by atoms with Gasteiger partial charge in [-0.2, -0.15) is 0 Å². The van der Waals surface area contributed by atoms with Crippen LogP contribution in [0.15, 0.2) is 18.2 Å². The summed E-state index contributed by atoms with van der Waals surface area (Å²) in [6, 6.07) is 4.03. The number of hydrogen-bond donors (Lipinski definition) is 3. The largest absolute Gasteiger partial charge is 0.385 e. The van der Waals surface area contributed by atoms with E-state index < -0.39 is 29.7 Å². The quantitative estimate of drug-likeness (QED) is 0.658. The number of hydrogen-bond acceptors (Lipinski definition) is 6. The first kappa shape index (κ1) is 17.1. The fourth-order valence-electron chi connectivity index (χ4n) is 3.03. The van der Waals surface area contributed by atoms with Gasteiger partial charge in [-0.25, -0.2) is 0 Å². The van der Waals surface area contributed by atoms with Gasteiger partial charge < -0.3 is 11.1 Å². The second-order valence-electron chi connectivity index (χ2n) is 6.40. The average molecular weight is 344 g/mol. The van der Waals surface area contributed by atoms with Gasteiger partial charge in [0.15, 0.2) is 0 Å². The van der Waals surface area contributed by atoms with Crippen molar-refractivity contribution in [2.45, 2.75) is 38.3 Å². The molecule has 0 spiro atoms. The molecule has 132 valence electrons. The van der Waals surface area contributed by atoms with E-state index in [1.54, 1.807) is 18.2 Å². The van der Waals surface area contributed by atoms with Crippen LogP contribution in [-0.4, -0.2) is 47.2 Å². The molecule has 4 amide bonds. The number of nitrogens with one attached hydrogen (secondary N) is 2. The minimum atomic E-state index is -0.945. The summed E-state index contributed by atoms with van der Waals surface area (Å²) in [5, 5.41) is 5.34. The number of imide groups is 2. The van der Waals surface area contributed by atoms with Crippen LogP contribution in [0, 0.1) is 0 Å². The van der Waals surface area contributed by atoms with Crippen molar-refractivity contribution in [3.8, 4) is 0 Å². The molecule has 2 aliphatic heterocycles. The third-order valence-corrected chi connectivity index (χ3v) is 4.37. The summed E-state index contributed by atoms with van der Waals surface area (Å²) >= 11 is 0. The number of anilines is 1. The second-order valence-corrected chi connectivity index (χ2v) is 6.40. The number of nitrogens with zero attached hydrogens (tertiary/aromatic N) is 1. The Bertz CT molecular complexity index is 759. The van der Waals surface area contributed by atoms with Gasteiger partial charge >= 0.3 is 0 Å². The number of fused-ring (bicyclic) bond motifs is 1. The molecule has 0 saturated carbocycles. The van der Waals surface area contributed by atoms with E-state index in [2.05, 4.69) is 10.6 Å². The zero-order valence-electron chi connectivity index (χ0n) is 13.9. The Morgan fingerprint density at radius 1 is 1.24 bits per heavy atom. The lowest BCUT2D eigenvalue weighted by molar-refractivity contribution is -0.136. The zero-order valence-corrected chi connectivity index (χ0v) is 13.9. The van der Waals surface area contributed by atoms with Gasteiger partial charge in [0.25, 0.3) is 11.8 Å². The van der Waals surface area contributed by atoms with E-state index in [0.29, 0.717) is 12.2 Å². The molecule has 0 radical (unpaired) electrons. The van der Waals surface area contributed by atoms with E-state index in [9.17, 15) is 19.2 Å². The molecule has 4 N–H and O–H groups in total. The van der Waals surface area contributed by atoms with Gasteiger partial charge in [-0.05, 0) is 38.0 Å². The summed E-state index contributed by atoms with van der Waals surface area (Å²) in [5.41, 5.74) is 6.95. The monoisotopic (exact) mass is 344 g/mol. The highest BCUT2D eigenvalue weighted by atomic mass is 16.2. The first-order chi connectivity index (χ1) is 11.9. The van der Waals surface area contributed by atoms with Gasteiger partial charge in [-0.3, -0.25) is 29.4 Å². The maximum atomic E-state index is 12.7. The van der Waals surface area contributed by atoms with Crippen LogP contribution in [-0.2, 0) is 9.59 Å². The summed E-state index contributed by atoms with van der Waals surface area (Å²) in [6.45, 7) is 2.56. The lowest BCUT2D eigenvalue weighted by Crippen LogP contribution is -2.54. The van der Waals surface area contributed by atoms with Crippen molar-refractivity contribution in [3.63, 3.8) is 0 Å². The van der Waals surface area contributed by atoms with Crippen molar-refractivity contribution >= 4 is 29.3 Å². The van der Waals surface area contributed by atoms with E-state index in [1.165, 1.54) is 0 Å². The van der Waals surface area contributed by atoms with E-state index in [4.69, 9.17) is 5.73 Å². The highest BCUT2D eigenvalue weighted by Gasteiger charge is 2.44. The molecular weight excluding hydrogens is 324 g/mol. The second kappa shape index (κ2) is 6.64. The van der Waals surface area contributed by atoms with Crippen LogP contribution < -0.4 is 16.4 Å². The normalized spacial score (nSPS) is 21.2. The van der Waals surface area contributed by atoms with E-state index in [1.807, 2.05) is 6.92 Å². The third kappa shape index (κ3) is 3.25. The van der Waals surface area contributed by atoms with Gasteiger partial charge in [0.2, 0.25) is 11.8 Å². The molecule has 0 bridgehead atoms. The summed E-state index contributed by atoms with van der Waals surface area (Å²) < 4.78 is 0. The number of carbonyl (C=O) groups excluding carboxylic acids is 4. The molecular formula is C17H20N4O4. The standard InChI is InChI=1S/C17H20N4O4/c1-9(18)6-7-19-10-2-3-11-12(8-10)17(25)21(16(11)24)13-4-5-14(22)20-15(13)23/h2-3,8-9,13,19H,4-7,18H2,1H3,(H,20,22,23). The molecule has 8 nitrogen and oxygen atoms in total. The maximum Gasteiger partial charge on any atom is 0.262 e. The first-order valence-corrected chi connectivity index (χ1v) is 8.23. The van der Waals surface area contributed by atoms with E-state index in [0.717, 1.165) is 11.3 Å². The Kier molecular flexibility index (Phi) is 4.54. The minimum Gasteiger partial charge on any atom is -0.385 e. The molecule has 1 aromatic carbocycles. The highest BCUT2D eigenvalue weighted by Crippen LogP contribution is 2.29. The number of amides is 4. The van der Waals surface area contributed by atoms with Gasteiger partial charge in [0.05, 0.1) is 11.1 Å². The van der Waals surface area contributed by atoms with Crippen molar-refractivity contribution in [1.82, 2.24) is 10.2 Å². The number of nitrogens with two attached hydrogens (primary N) is 1. The predicted octanol–water partition coefficient (Wildman–Crippen LogP) is 0.237. The van der Waals surface area contributed by atoms with Crippen LogP contribution in [0.2, 0.25) is 0 Å². The Morgan fingerprint density at radius 3 is 2.64 bits per heavy atom. The lowest BCUT2D eigenvalue weighted by Gasteiger charge is -2.27. The Labute approximate surface area is 144 Å². The number of carbonyl (C=O) groups is 4. The molecule has 8 heteroatoms. The molecule has 25 heavy (non-hydrogen) atoms. The van der Waals surface area contributed by atoms with Crippen molar-refractivity contribution in [1.29, 1.82) is 0 Å². The van der Waals surface area contributed by atoms with Crippen LogP contribution in [0.3, 0.4) is 0 Å². The predicted molar refractivity (Wildman–Crippen MR) is 89.9 cm³/mol. The molecule has 2 aliphatic rings. The highest BCUT2D eigenvalue weighted by molar-refractivity contribution is 6.23. The van der Waals surface area contributed by atoms with Crippen LogP contribution in [0.4, 0.5) is 5.69 Å². The molecule has 0 aromatic heterocycles. The molecule has 2 heterocycles. The van der Waals surface area contributed by atoms with Crippen LogP contribution in [0.25, 0.3) is 0 Å². The number of piperidine rings is 1. The topological polar surface area (TPSA) is 122 Å². The van der Waals surface area contributed by atoms with Crippen molar-refractivity contribution in [3.05, 3.63) is 29.3 Å². The van der Waals surface area contributed by atoms with E-state index >= 15 is 0 Å². The lowest BCUT2D eigenvalue weighted by atomic mass is 10.0. The Balaban J connectivity index is 1.79. The zero-order chi connectivity index (χ0) is 18.1. The molecule has 3 rings (SSSR count). The first-order valence-electron chi connectivity index (χ1n) is 8.23. The molecule has 1 aromatic rings. The minimum absolute atomic E-state index is 0.0631. The van der Waals surface area contributed by atoms with Crippen molar-refractivity contribution in [2.24, 2.45) is 5.73 Å². The molecule has 2 unspecified atom stereocenters. The van der Waals surface area contributed by atoms with Crippen LogP contribution >= 0.6 is 0 Å². The average Bonchev–Trinajstić information content (AvgIpc) is 2.79. The van der Waals surface area contributed by atoms with Gasteiger partial charge in [-0.1, -0.05) is 0 Å². The fraction of sp³-hybridized carbons (Fsp3) is 0.412. The van der Waals surface area contributed by atoms with Crippen LogP contribution in [0.1, 0.15) is 46.9 Å². The van der Waals surface area contributed by atoms with Gasteiger partial charge in [0.1, 0.15) is 6.04 Å². The number of rotatable bonds is 5.